The monoisotopic (exact) mass is 466 g/mol. The average Bonchev–Trinajstić information content (AvgIpc) is 3.05. The predicted molar refractivity (Wildman–Crippen MR) is 119 cm³/mol. The average molecular weight is 467 g/mol. The zero-order valence-corrected chi connectivity index (χ0v) is 18.4. The summed E-state index contributed by atoms with van der Waals surface area (Å²) in [6, 6.07) is 15.1. The molecule has 4 rings (SSSR count). The summed E-state index contributed by atoms with van der Waals surface area (Å²) in [5.74, 6) is 0.0239. The van der Waals surface area contributed by atoms with Crippen LogP contribution in [0.1, 0.15) is 32.7 Å². The van der Waals surface area contributed by atoms with E-state index in [0.717, 1.165) is 22.1 Å². The Bertz CT molecular complexity index is 1060. The van der Waals surface area contributed by atoms with Crippen LogP contribution in [0.2, 0.25) is 0 Å². The molecular formula is C23H23BrN4O2. The van der Waals surface area contributed by atoms with Crippen LogP contribution >= 0.6 is 15.9 Å². The molecule has 154 valence electrons. The van der Waals surface area contributed by atoms with Crippen LogP contribution in [-0.4, -0.2) is 57.6 Å². The lowest BCUT2D eigenvalue weighted by atomic mass is 10.1. The number of nitrogens with zero attached hydrogens (tertiary/aromatic N) is 4. The summed E-state index contributed by atoms with van der Waals surface area (Å²) >= 11 is 3.39. The number of carbonyl (C=O) groups excluding carboxylic acids is 2. The summed E-state index contributed by atoms with van der Waals surface area (Å²) < 4.78 is 2.65. The first-order valence-corrected chi connectivity index (χ1v) is 10.8. The fourth-order valence-electron chi connectivity index (χ4n) is 3.67. The van der Waals surface area contributed by atoms with Gasteiger partial charge in [0.1, 0.15) is 0 Å². The van der Waals surface area contributed by atoms with Gasteiger partial charge in [0.25, 0.3) is 11.8 Å². The molecule has 1 saturated heterocycles. The molecule has 2 amide bonds. The van der Waals surface area contributed by atoms with E-state index in [2.05, 4.69) is 21.0 Å². The lowest BCUT2D eigenvalue weighted by Crippen LogP contribution is -2.37. The topological polar surface area (TPSA) is 58.4 Å². The van der Waals surface area contributed by atoms with Crippen molar-refractivity contribution in [2.45, 2.75) is 13.3 Å². The van der Waals surface area contributed by atoms with Crippen molar-refractivity contribution >= 4 is 27.7 Å². The minimum Gasteiger partial charge on any atom is -0.337 e. The largest absolute Gasteiger partial charge is 0.337 e. The molecule has 0 spiro atoms. The van der Waals surface area contributed by atoms with Gasteiger partial charge in [0.15, 0.2) is 0 Å². The number of aryl methyl sites for hydroxylation is 1. The SMILES string of the molecule is Cc1cccc(C(=O)N2CCCN(C(=O)c3ccc(-n4cc(Br)cn4)cc3)CC2)c1. The molecule has 6 nitrogen and oxygen atoms in total. The maximum absolute atomic E-state index is 13.0. The summed E-state index contributed by atoms with van der Waals surface area (Å²) in [5, 5.41) is 4.25. The van der Waals surface area contributed by atoms with Crippen molar-refractivity contribution in [2.75, 3.05) is 26.2 Å². The molecule has 1 fully saturated rings. The Hall–Kier alpha value is -2.93. The third kappa shape index (κ3) is 4.46. The van der Waals surface area contributed by atoms with Crippen molar-refractivity contribution in [2.24, 2.45) is 0 Å². The normalized spacial score (nSPS) is 14.5. The second kappa shape index (κ2) is 8.83. The van der Waals surface area contributed by atoms with Crippen LogP contribution in [0.4, 0.5) is 0 Å². The first kappa shape index (κ1) is 20.3. The Morgan fingerprint density at radius 3 is 2.17 bits per heavy atom. The van der Waals surface area contributed by atoms with E-state index >= 15 is 0 Å². The summed E-state index contributed by atoms with van der Waals surface area (Å²) in [5.41, 5.74) is 3.31. The van der Waals surface area contributed by atoms with Crippen molar-refractivity contribution in [3.63, 3.8) is 0 Å². The Labute approximate surface area is 184 Å². The van der Waals surface area contributed by atoms with Gasteiger partial charge >= 0.3 is 0 Å². The van der Waals surface area contributed by atoms with E-state index in [1.165, 1.54) is 0 Å². The highest BCUT2D eigenvalue weighted by molar-refractivity contribution is 9.10. The molecule has 0 atom stereocenters. The van der Waals surface area contributed by atoms with Crippen molar-refractivity contribution in [3.05, 3.63) is 82.1 Å². The summed E-state index contributed by atoms with van der Waals surface area (Å²) in [7, 11) is 0. The molecule has 0 N–H and O–H groups in total. The van der Waals surface area contributed by atoms with Crippen LogP contribution in [-0.2, 0) is 0 Å². The molecular weight excluding hydrogens is 444 g/mol. The Morgan fingerprint density at radius 1 is 0.900 bits per heavy atom. The van der Waals surface area contributed by atoms with Crippen LogP contribution in [0.3, 0.4) is 0 Å². The molecule has 30 heavy (non-hydrogen) atoms. The van der Waals surface area contributed by atoms with Gasteiger partial charge in [-0.1, -0.05) is 17.7 Å². The van der Waals surface area contributed by atoms with E-state index in [9.17, 15) is 9.59 Å². The second-order valence-electron chi connectivity index (χ2n) is 7.46. The number of halogens is 1. The smallest absolute Gasteiger partial charge is 0.253 e. The number of benzene rings is 2. The quantitative estimate of drug-likeness (QED) is 0.587. The third-order valence-electron chi connectivity index (χ3n) is 5.27. The number of hydrogen-bond donors (Lipinski definition) is 0. The summed E-state index contributed by atoms with van der Waals surface area (Å²) in [6.07, 6.45) is 4.36. The minimum absolute atomic E-state index is 0.00643. The number of amides is 2. The maximum Gasteiger partial charge on any atom is 0.253 e. The van der Waals surface area contributed by atoms with Crippen LogP contribution in [0.15, 0.2) is 65.4 Å². The molecule has 1 aliphatic heterocycles. The molecule has 0 saturated carbocycles. The highest BCUT2D eigenvalue weighted by Gasteiger charge is 2.23. The molecule has 2 heterocycles. The molecule has 3 aromatic rings. The van der Waals surface area contributed by atoms with Gasteiger partial charge in [0.05, 0.1) is 16.4 Å². The predicted octanol–water partition coefficient (Wildman–Crippen LogP) is 3.93. The van der Waals surface area contributed by atoms with E-state index in [4.69, 9.17) is 0 Å². The third-order valence-corrected chi connectivity index (χ3v) is 5.67. The van der Waals surface area contributed by atoms with Crippen LogP contribution in [0, 0.1) is 6.92 Å². The Kier molecular flexibility index (Phi) is 5.99. The molecule has 0 aliphatic carbocycles. The Morgan fingerprint density at radius 2 is 1.57 bits per heavy atom. The van der Waals surface area contributed by atoms with Gasteiger partial charge in [-0.25, -0.2) is 4.68 Å². The lowest BCUT2D eigenvalue weighted by Gasteiger charge is -2.22. The van der Waals surface area contributed by atoms with E-state index in [-0.39, 0.29) is 11.8 Å². The summed E-state index contributed by atoms with van der Waals surface area (Å²) in [4.78, 5) is 29.5. The van der Waals surface area contributed by atoms with Gasteiger partial charge in [-0.05, 0) is 65.7 Å². The molecule has 0 unspecified atom stereocenters. The van der Waals surface area contributed by atoms with E-state index in [1.807, 2.05) is 71.5 Å². The molecule has 0 radical (unpaired) electrons. The van der Waals surface area contributed by atoms with Crippen LogP contribution in [0.5, 0.6) is 0 Å². The van der Waals surface area contributed by atoms with Crippen molar-refractivity contribution in [3.8, 4) is 5.69 Å². The number of carbonyl (C=O) groups is 2. The summed E-state index contributed by atoms with van der Waals surface area (Å²) in [6.45, 7) is 4.35. The fourth-order valence-corrected chi connectivity index (χ4v) is 3.95. The molecule has 2 aromatic carbocycles. The van der Waals surface area contributed by atoms with Gasteiger partial charge in [-0.3, -0.25) is 9.59 Å². The minimum atomic E-state index is -0.00643. The zero-order valence-electron chi connectivity index (χ0n) is 16.8. The molecule has 1 aliphatic rings. The van der Waals surface area contributed by atoms with Gasteiger partial charge in [0.2, 0.25) is 0 Å². The van der Waals surface area contributed by atoms with Gasteiger partial charge < -0.3 is 9.80 Å². The van der Waals surface area contributed by atoms with E-state index in [0.29, 0.717) is 37.3 Å². The highest BCUT2D eigenvalue weighted by Crippen LogP contribution is 2.16. The maximum atomic E-state index is 13.0. The van der Waals surface area contributed by atoms with Gasteiger partial charge in [0, 0.05) is 43.5 Å². The first-order chi connectivity index (χ1) is 14.5. The Balaban J connectivity index is 1.41. The van der Waals surface area contributed by atoms with Crippen LogP contribution in [0.25, 0.3) is 5.69 Å². The highest BCUT2D eigenvalue weighted by atomic mass is 79.9. The second-order valence-corrected chi connectivity index (χ2v) is 8.37. The standard InChI is InChI=1S/C23H23BrN4O2/c1-17-4-2-5-19(14-17)23(30)27-11-3-10-26(12-13-27)22(29)18-6-8-21(9-7-18)28-16-20(24)15-25-28/h2,4-9,14-16H,3,10-13H2,1H3. The molecule has 7 heteroatoms. The van der Waals surface area contributed by atoms with E-state index < -0.39 is 0 Å². The molecule has 1 aromatic heterocycles. The van der Waals surface area contributed by atoms with Gasteiger partial charge in [-0.15, -0.1) is 0 Å². The zero-order chi connectivity index (χ0) is 21.1. The number of aromatic nitrogens is 2. The van der Waals surface area contributed by atoms with Crippen LogP contribution < -0.4 is 0 Å². The lowest BCUT2D eigenvalue weighted by molar-refractivity contribution is 0.0718. The van der Waals surface area contributed by atoms with Crippen molar-refractivity contribution in [1.29, 1.82) is 0 Å². The number of hydrogen-bond acceptors (Lipinski definition) is 3. The fraction of sp³-hybridized carbons (Fsp3) is 0.261. The molecule has 0 bridgehead atoms. The van der Waals surface area contributed by atoms with E-state index in [1.54, 1.807) is 10.9 Å². The first-order valence-electron chi connectivity index (χ1n) is 9.97. The van der Waals surface area contributed by atoms with Crippen molar-refractivity contribution in [1.82, 2.24) is 19.6 Å². The van der Waals surface area contributed by atoms with Gasteiger partial charge in [-0.2, -0.15) is 5.10 Å². The van der Waals surface area contributed by atoms with Crippen molar-refractivity contribution < 1.29 is 9.59 Å². The number of rotatable bonds is 3.